The maximum atomic E-state index is 11.2. The number of carbonyl (C=O) groups excluding carboxylic acids is 2. The first-order valence-corrected chi connectivity index (χ1v) is 5.97. The van der Waals surface area contributed by atoms with Crippen LogP contribution in [-0.4, -0.2) is 29.6 Å². The van der Waals surface area contributed by atoms with Crippen LogP contribution in [0.3, 0.4) is 0 Å². The molecule has 20 heavy (non-hydrogen) atoms. The molecule has 0 atom stereocenters. The molecule has 0 aliphatic carbocycles. The number of carbonyl (C=O) groups is 3. The molecule has 0 aliphatic rings. The fourth-order valence-corrected chi connectivity index (χ4v) is 1.22. The third-order valence-corrected chi connectivity index (χ3v) is 1.84. The minimum atomic E-state index is -0.833. The van der Waals surface area contributed by atoms with Gasteiger partial charge in [0.25, 0.3) is 5.97 Å². The maximum absolute atomic E-state index is 11.2. The second-order valence-electron chi connectivity index (χ2n) is 3.74. The third kappa shape index (κ3) is 9.64. The Bertz CT molecular complexity index is 445. The van der Waals surface area contributed by atoms with Crippen LogP contribution in [0.4, 0.5) is 0 Å². The molecule has 0 fully saturated rings. The van der Waals surface area contributed by atoms with Gasteiger partial charge in [-0.1, -0.05) is 12.1 Å². The van der Waals surface area contributed by atoms with Crippen molar-refractivity contribution in [1.82, 2.24) is 0 Å². The van der Waals surface area contributed by atoms with Gasteiger partial charge in [0.15, 0.2) is 0 Å². The zero-order valence-electron chi connectivity index (χ0n) is 11.7. The average Bonchev–Trinajstić information content (AvgIpc) is 2.30. The van der Waals surface area contributed by atoms with Crippen LogP contribution in [0.2, 0.25) is 0 Å². The molecule has 6 heteroatoms. The monoisotopic (exact) mass is 282 g/mol. The summed E-state index contributed by atoms with van der Waals surface area (Å²) in [5.41, 5.74) is 0.828. The SMILES string of the molecule is CC(=O)O.CCOC(=O)Cc1ccc(OC(C)=O)cc1. The summed E-state index contributed by atoms with van der Waals surface area (Å²) >= 11 is 0. The highest BCUT2D eigenvalue weighted by molar-refractivity contribution is 5.73. The topological polar surface area (TPSA) is 89.9 Å². The van der Waals surface area contributed by atoms with Crippen molar-refractivity contribution < 1.29 is 29.0 Å². The van der Waals surface area contributed by atoms with Crippen LogP contribution >= 0.6 is 0 Å². The molecule has 0 aliphatic heterocycles. The lowest BCUT2D eigenvalue weighted by Gasteiger charge is -2.04. The Balaban J connectivity index is 0.000000796. The summed E-state index contributed by atoms with van der Waals surface area (Å²) in [6, 6.07) is 6.76. The van der Waals surface area contributed by atoms with Crippen LogP contribution in [0.25, 0.3) is 0 Å². The first-order chi connectivity index (χ1) is 9.35. The van der Waals surface area contributed by atoms with Crippen molar-refractivity contribution in [1.29, 1.82) is 0 Å². The Kier molecular flexibility index (Phi) is 8.41. The zero-order chi connectivity index (χ0) is 15.5. The minimum Gasteiger partial charge on any atom is -0.481 e. The van der Waals surface area contributed by atoms with E-state index < -0.39 is 5.97 Å². The molecule has 0 saturated carbocycles. The number of ether oxygens (including phenoxy) is 2. The second kappa shape index (κ2) is 9.55. The summed E-state index contributed by atoms with van der Waals surface area (Å²) in [6.45, 7) is 4.57. The molecule has 0 saturated heterocycles. The molecule has 1 aromatic rings. The van der Waals surface area contributed by atoms with Gasteiger partial charge in [0, 0.05) is 13.8 Å². The average molecular weight is 282 g/mol. The van der Waals surface area contributed by atoms with Gasteiger partial charge in [0.2, 0.25) is 0 Å². The van der Waals surface area contributed by atoms with Crippen LogP contribution in [0, 0.1) is 0 Å². The van der Waals surface area contributed by atoms with Crippen molar-refractivity contribution in [3.8, 4) is 5.75 Å². The van der Waals surface area contributed by atoms with Gasteiger partial charge in [-0.2, -0.15) is 0 Å². The van der Waals surface area contributed by atoms with Crippen LogP contribution in [0.1, 0.15) is 26.3 Å². The van der Waals surface area contributed by atoms with E-state index in [1.807, 2.05) is 0 Å². The van der Waals surface area contributed by atoms with Crippen molar-refractivity contribution in [2.24, 2.45) is 0 Å². The lowest BCUT2D eigenvalue weighted by atomic mass is 10.1. The van der Waals surface area contributed by atoms with Crippen molar-refractivity contribution in [3.05, 3.63) is 29.8 Å². The number of carboxylic acid groups (broad SMARTS) is 1. The lowest BCUT2D eigenvalue weighted by Crippen LogP contribution is -2.07. The van der Waals surface area contributed by atoms with Crippen LogP contribution in [0.5, 0.6) is 5.75 Å². The van der Waals surface area contributed by atoms with E-state index in [1.165, 1.54) is 6.92 Å². The highest BCUT2D eigenvalue weighted by Crippen LogP contribution is 2.13. The summed E-state index contributed by atoms with van der Waals surface area (Å²) in [5, 5.41) is 7.42. The minimum absolute atomic E-state index is 0.230. The first-order valence-electron chi connectivity index (χ1n) is 5.97. The smallest absolute Gasteiger partial charge is 0.310 e. The quantitative estimate of drug-likeness (QED) is 0.669. The van der Waals surface area contributed by atoms with E-state index in [0.717, 1.165) is 12.5 Å². The number of hydrogen-bond acceptors (Lipinski definition) is 5. The third-order valence-electron chi connectivity index (χ3n) is 1.84. The number of benzene rings is 1. The largest absolute Gasteiger partial charge is 0.481 e. The molecule has 0 unspecified atom stereocenters. The predicted octanol–water partition coefficient (Wildman–Crippen LogP) is 1.81. The molecule has 0 bridgehead atoms. The van der Waals surface area contributed by atoms with Gasteiger partial charge in [-0.05, 0) is 24.6 Å². The molecular weight excluding hydrogens is 264 g/mol. The highest BCUT2D eigenvalue weighted by atomic mass is 16.5. The number of esters is 2. The van der Waals surface area contributed by atoms with Gasteiger partial charge in [-0.25, -0.2) is 0 Å². The van der Waals surface area contributed by atoms with Gasteiger partial charge in [-0.15, -0.1) is 0 Å². The number of hydrogen-bond donors (Lipinski definition) is 1. The van der Waals surface area contributed by atoms with E-state index in [9.17, 15) is 9.59 Å². The Hall–Kier alpha value is -2.37. The molecule has 0 radical (unpaired) electrons. The Morgan fingerprint density at radius 2 is 1.60 bits per heavy atom. The van der Waals surface area contributed by atoms with Crippen LogP contribution < -0.4 is 4.74 Å². The molecule has 0 heterocycles. The maximum Gasteiger partial charge on any atom is 0.310 e. The molecular formula is C14H18O6. The van der Waals surface area contributed by atoms with E-state index in [4.69, 9.17) is 19.4 Å². The fraction of sp³-hybridized carbons (Fsp3) is 0.357. The normalized spacial score (nSPS) is 8.95. The second-order valence-corrected chi connectivity index (χ2v) is 3.74. The highest BCUT2D eigenvalue weighted by Gasteiger charge is 2.04. The lowest BCUT2D eigenvalue weighted by molar-refractivity contribution is -0.142. The van der Waals surface area contributed by atoms with Gasteiger partial charge in [0.1, 0.15) is 5.75 Å². The van der Waals surface area contributed by atoms with Gasteiger partial charge >= 0.3 is 11.9 Å². The molecule has 0 aromatic heterocycles. The zero-order valence-corrected chi connectivity index (χ0v) is 11.7. The van der Waals surface area contributed by atoms with E-state index in [2.05, 4.69) is 0 Å². The standard InChI is InChI=1S/C12H14O4.C2H4O2/c1-3-15-12(14)8-10-4-6-11(7-5-10)16-9(2)13;1-2(3)4/h4-7H,3,8H2,1-2H3;1H3,(H,3,4). The van der Waals surface area contributed by atoms with E-state index >= 15 is 0 Å². The fourth-order valence-electron chi connectivity index (χ4n) is 1.22. The predicted molar refractivity (Wildman–Crippen MR) is 71.4 cm³/mol. The molecule has 0 amide bonds. The molecule has 1 N–H and O–H groups in total. The van der Waals surface area contributed by atoms with Gasteiger partial charge in [0.05, 0.1) is 13.0 Å². The van der Waals surface area contributed by atoms with Crippen molar-refractivity contribution in [3.63, 3.8) is 0 Å². The van der Waals surface area contributed by atoms with Crippen molar-refractivity contribution in [2.75, 3.05) is 6.61 Å². The van der Waals surface area contributed by atoms with Gasteiger partial charge in [-0.3, -0.25) is 14.4 Å². The summed E-state index contributed by atoms with van der Waals surface area (Å²) in [4.78, 5) is 30.8. The molecule has 0 spiro atoms. The van der Waals surface area contributed by atoms with Crippen LogP contribution in [-0.2, 0) is 25.5 Å². The summed E-state index contributed by atoms with van der Waals surface area (Å²) < 4.78 is 9.68. The Morgan fingerprint density at radius 3 is 2.00 bits per heavy atom. The van der Waals surface area contributed by atoms with Crippen LogP contribution in [0.15, 0.2) is 24.3 Å². The summed E-state index contributed by atoms with van der Waals surface area (Å²) in [5.74, 6) is -0.985. The molecule has 1 aromatic carbocycles. The molecule has 6 nitrogen and oxygen atoms in total. The van der Waals surface area contributed by atoms with Gasteiger partial charge < -0.3 is 14.6 Å². The summed E-state index contributed by atoms with van der Waals surface area (Å²) in [7, 11) is 0. The van der Waals surface area contributed by atoms with E-state index in [0.29, 0.717) is 12.4 Å². The van der Waals surface area contributed by atoms with E-state index in [-0.39, 0.29) is 18.4 Å². The Morgan fingerprint density at radius 1 is 1.10 bits per heavy atom. The first kappa shape index (κ1) is 17.6. The van der Waals surface area contributed by atoms with Crippen molar-refractivity contribution >= 4 is 17.9 Å². The van der Waals surface area contributed by atoms with E-state index in [1.54, 1.807) is 31.2 Å². The Labute approximate surface area is 117 Å². The number of rotatable bonds is 4. The molecule has 110 valence electrons. The van der Waals surface area contributed by atoms with Crippen molar-refractivity contribution in [2.45, 2.75) is 27.2 Å². The molecule has 1 rings (SSSR count). The summed E-state index contributed by atoms with van der Waals surface area (Å²) in [6.07, 6.45) is 0.230. The number of carboxylic acids is 1. The number of aliphatic carboxylic acids is 1.